The molecule has 12 heavy (non-hydrogen) atoms. The lowest BCUT2D eigenvalue weighted by atomic mass is 10.1. The van der Waals surface area contributed by atoms with Crippen LogP contribution in [0.2, 0.25) is 0 Å². The molecule has 2 nitrogen and oxygen atoms in total. The Morgan fingerprint density at radius 2 is 2.00 bits per heavy atom. The van der Waals surface area contributed by atoms with Gasteiger partial charge in [0.2, 0.25) is 0 Å². The molecule has 0 saturated carbocycles. The fourth-order valence-electron chi connectivity index (χ4n) is 1.32. The lowest BCUT2D eigenvalue weighted by Crippen LogP contribution is -2.31. The van der Waals surface area contributed by atoms with Crippen molar-refractivity contribution >= 4 is 11.9 Å². The van der Waals surface area contributed by atoms with Crippen molar-refractivity contribution in [3.63, 3.8) is 0 Å². The summed E-state index contributed by atoms with van der Waals surface area (Å²) < 4.78 is 0. The van der Waals surface area contributed by atoms with Gasteiger partial charge in [-0.15, -0.1) is 0 Å². The molecule has 0 fully saturated rings. The highest BCUT2D eigenvalue weighted by molar-refractivity contribution is 5.90. The fraction of sp³-hybridized carbons (Fsp3) is 0.300. The van der Waals surface area contributed by atoms with Crippen LogP contribution in [-0.4, -0.2) is 11.9 Å². The van der Waals surface area contributed by atoms with E-state index in [1.807, 2.05) is 18.3 Å². The summed E-state index contributed by atoms with van der Waals surface area (Å²) in [7, 11) is 0. The molecule has 0 saturated heterocycles. The summed E-state index contributed by atoms with van der Waals surface area (Å²) in [4.78, 5) is 4.37. The Bertz CT molecular complexity index is 326. The molecular weight excluding hydrogens is 148 g/mol. The van der Waals surface area contributed by atoms with Crippen LogP contribution in [0, 0.1) is 0 Å². The number of aliphatic imine (C=N–C) groups is 1. The van der Waals surface area contributed by atoms with Crippen molar-refractivity contribution in [2.45, 2.75) is 19.5 Å². The zero-order chi connectivity index (χ0) is 8.60. The van der Waals surface area contributed by atoms with E-state index in [9.17, 15) is 0 Å². The second-order valence-corrected chi connectivity index (χ2v) is 3.53. The van der Waals surface area contributed by atoms with E-state index in [-0.39, 0.29) is 5.66 Å². The number of anilines is 1. The smallest absolute Gasteiger partial charge is 0.123 e. The van der Waals surface area contributed by atoms with Gasteiger partial charge in [-0.1, -0.05) is 18.2 Å². The number of para-hydroxylation sites is 1. The number of nitrogens with one attached hydrogen (secondary N) is 1. The molecule has 62 valence electrons. The van der Waals surface area contributed by atoms with Crippen molar-refractivity contribution < 1.29 is 0 Å². The van der Waals surface area contributed by atoms with Crippen LogP contribution in [0.5, 0.6) is 0 Å². The molecule has 0 amide bonds. The first-order valence-electron chi connectivity index (χ1n) is 4.10. The number of rotatable bonds is 0. The van der Waals surface area contributed by atoms with Gasteiger partial charge in [-0.25, -0.2) is 0 Å². The van der Waals surface area contributed by atoms with Crippen LogP contribution >= 0.6 is 0 Å². The maximum Gasteiger partial charge on any atom is 0.123 e. The first-order valence-corrected chi connectivity index (χ1v) is 4.10. The zero-order valence-electron chi connectivity index (χ0n) is 7.33. The number of nitrogens with zero attached hydrogens (tertiary/aromatic N) is 1. The maximum absolute atomic E-state index is 4.37. The molecule has 1 aromatic carbocycles. The Balaban J connectivity index is 2.46. The van der Waals surface area contributed by atoms with E-state index in [1.165, 1.54) is 0 Å². The third-order valence-corrected chi connectivity index (χ3v) is 1.93. The van der Waals surface area contributed by atoms with E-state index in [0.717, 1.165) is 11.3 Å². The summed E-state index contributed by atoms with van der Waals surface area (Å²) in [6, 6.07) is 8.18. The Kier molecular flexibility index (Phi) is 1.43. The van der Waals surface area contributed by atoms with Crippen molar-refractivity contribution in [3.05, 3.63) is 29.8 Å². The Labute approximate surface area is 72.3 Å². The second kappa shape index (κ2) is 2.34. The molecule has 0 radical (unpaired) electrons. The van der Waals surface area contributed by atoms with Crippen molar-refractivity contribution in [2.75, 3.05) is 5.32 Å². The van der Waals surface area contributed by atoms with Gasteiger partial charge >= 0.3 is 0 Å². The van der Waals surface area contributed by atoms with Crippen LogP contribution in [0.1, 0.15) is 19.4 Å². The Hall–Kier alpha value is -1.31. The normalized spacial score (nSPS) is 18.2. The SMILES string of the molecule is CC1(C)N=Cc2ccccc2N1. The third-order valence-electron chi connectivity index (χ3n) is 1.93. The van der Waals surface area contributed by atoms with Crippen LogP contribution in [0.25, 0.3) is 0 Å². The van der Waals surface area contributed by atoms with E-state index < -0.39 is 0 Å². The largest absolute Gasteiger partial charge is 0.361 e. The minimum Gasteiger partial charge on any atom is -0.361 e. The molecule has 0 spiro atoms. The van der Waals surface area contributed by atoms with Crippen LogP contribution in [0.3, 0.4) is 0 Å². The van der Waals surface area contributed by atoms with Crippen molar-refractivity contribution in [1.82, 2.24) is 0 Å². The van der Waals surface area contributed by atoms with E-state index in [1.54, 1.807) is 0 Å². The molecule has 0 bridgehead atoms. The molecule has 1 aliphatic rings. The van der Waals surface area contributed by atoms with E-state index in [2.05, 4.69) is 36.3 Å². The maximum atomic E-state index is 4.37. The highest BCUT2D eigenvalue weighted by Gasteiger charge is 2.19. The van der Waals surface area contributed by atoms with E-state index in [0.29, 0.717) is 0 Å². The summed E-state index contributed by atoms with van der Waals surface area (Å²) in [5, 5.41) is 3.34. The zero-order valence-corrected chi connectivity index (χ0v) is 7.33. The summed E-state index contributed by atoms with van der Waals surface area (Å²) in [6.45, 7) is 4.11. The van der Waals surface area contributed by atoms with Crippen molar-refractivity contribution in [3.8, 4) is 0 Å². The molecule has 0 unspecified atom stereocenters. The number of hydrogen-bond acceptors (Lipinski definition) is 2. The molecule has 1 aliphatic heterocycles. The molecule has 0 aromatic heterocycles. The standard InChI is InChI=1S/C10H12N2/c1-10(2)11-7-8-5-3-4-6-9(8)12-10/h3-7,12H,1-2H3. The van der Waals surface area contributed by atoms with Gasteiger partial charge < -0.3 is 5.32 Å². The molecule has 1 aromatic rings. The minimum absolute atomic E-state index is 0.158. The van der Waals surface area contributed by atoms with Crippen molar-refractivity contribution in [1.29, 1.82) is 0 Å². The Morgan fingerprint density at radius 1 is 1.25 bits per heavy atom. The molecule has 1 N–H and O–H groups in total. The molecule has 0 atom stereocenters. The highest BCUT2D eigenvalue weighted by Crippen LogP contribution is 2.23. The van der Waals surface area contributed by atoms with E-state index in [4.69, 9.17) is 0 Å². The lowest BCUT2D eigenvalue weighted by molar-refractivity contribution is 0.600. The first-order chi connectivity index (χ1) is 5.67. The number of fused-ring (bicyclic) bond motifs is 1. The summed E-state index contributed by atoms with van der Waals surface area (Å²) in [5.74, 6) is 0. The fourth-order valence-corrected chi connectivity index (χ4v) is 1.32. The summed E-state index contributed by atoms with van der Waals surface area (Å²) in [5.41, 5.74) is 2.17. The minimum atomic E-state index is -0.158. The quantitative estimate of drug-likeness (QED) is 0.618. The highest BCUT2D eigenvalue weighted by atomic mass is 15.1. The lowest BCUT2D eigenvalue weighted by Gasteiger charge is -2.27. The van der Waals surface area contributed by atoms with Gasteiger partial charge in [-0.2, -0.15) is 0 Å². The number of hydrogen-bond donors (Lipinski definition) is 1. The summed E-state index contributed by atoms with van der Waals surface area (Å²) >= 11 is 0. The van der Waals surface area contributed by atoms with Gasteiger partial charge in [-0.3, -0.25) is 4.99 Å². The van der Waals surface area contributed by atoms with Gasteiger partial charge in [0.05, 0.1) is 0 Å². The average molecular weight is 160 g/mol. The van der Waals surface area contributed by atoms with Crippen LogP contribution in [0.15, 0.2) is 29.3 Å². The second-order valence-electron chi connectivity index (χ2n) is 3.53. The molecule has 0 aliphatic carbocycles. The first kappa shape index (κ1) is 7.35. The van der Waals surface area contributed by atoms with Gasteiger partial charge in [0, 0.05) is 17.5 Å². The van der Waals surface area contributed by atoms with Crippen LogP contribution in [-0.2, 0) is 0 Å². The van der Waals surface area contributed by atoms with Gasteiger partial charge in [0.1, 0.15) is 5.66 Å². The predicted molar refractivity (Wildman–Crippen MR) is 51.7 cm³/mol. The average Bonchev–Trinajstić information content (AvgIpc) is 2.02. The molecule has 2 heteroatoms. The predicted octanol–water partition coefficient (Wildman–Crippen LogP) is 2.27. The molecule has 2 rings (SSSR count). The third kappa shape index (κ3) is 1.20. The Morgan fingerprint density at radius 3 is 2.83 bits per heavy atom. The van der Waals surface area contributed by atoms with E-state index >= 15 is 0 Å². The molecule has 1 heterocycles. The van der Waals surface area contributed by atoms with Gasteiger partial charge in [0.15, 0.2) is 0 Å². The number of benzene rings is 1. The van der Waals surface area contributed by atoms with Crippen molar-refractivity contribution in [2.24, 2.45) is 4.99 Å². The van der Waals surface area contributed by atoms with Crippen LogP contribution < -0.4 is 5.32 Å². The van der Waals surface area contributed by atoms with Crippen LogP contribution in [0.4, 0.5) is 5.69 Å². The monoisotopic (exact) mass is 160 g/mol. The summed E-state index contributed by atoms with van der Waals surface area (Å²) in [6.07, 6.45) is 1.92. The van der Waals surface area contributed by atoms with Gasteiger partial charge in [0.25, 0.3) is 0 Å². The molecular formula is C10H12N2. The van der Waals surface area contributed by atoms with Gasteiger partial charge in [-0.05, 0) is 19.9 Å². The topological polar surface area (TPSA) is 24.4 Å².